The van der Waals surface area contributed by atoms with Gasteiger partial charge in [0.2, 0.25) is 5.91 Å². The Morgan fingerprint density at radius 3 is 2.56 bits per heavy atom. The minimum absolute atomic E-state index is 0.0717. The largest absolute Gasteiger partial charge is 0.389 e. The first kappa shape index (κ1) is 14.6. The van der Waals surface area contributed by atoms with E-state index in [1.807, 2.05) is 31.2 Å². The molecule has 0 aliphatic carbocycles. The van der Waals surface area contributed by atoms with Gasteiger partial charge in [0.05, 0.1) is 17.9 Å². The maximum absolute atomic E-state index is 11.6. The number of nitrogens with one attached hydrogen (secondary N) is 1. The molecule has 0 spiro atoms. The van der Waals surface area contributed by atoms with Crippen molar-refractivity contribution in [3.63, 3.8) is 0 Å². The van der Waals surface area contributed by atoms with E-state index in [4.69, 9.17) is 6.42 Å². The summed E-state index contributed by atoms with van der Waals surface area (Å²) < 4.78 is 0. The van der Waals surface area contributed by atoms with Gasteiger partial charge in [-0.25, -0.2) is 0 Å². The van der Waals surface area contributed by atoms with E-state index in [0.29, 0.717) is 0 Å². The van der Waals surface area contributed by atoms with E-state index in [-0.39, 0.29) is 17.7 Å². The van der Waals surface area contributed by atoms with Crippen LogP contribution in [0.1, 0.15) is 25.5 Å². The predicted molar refractivity (Wildman–Crippen MR) is 74.2 cm³/mol. The Kier molecular flexibility index (Phi) is 5.76. The van der Waals surface area contributed by atoms with Crippen molar-refractivity contribution in [1.82, 2.24) is 5.32 Å². The average molecular weight is 263 g/mol. The van der Waals surface area contributed by atoms with Crippen LogP contribution in [-0.2, 0) is 4.79 Å². The fourth-order valence-corrected chi connectivity index (χ4v) is 2.26. The molecule has 2 N–H and O–H groups in total. The maximum atomic E-state index is 11.6. The van der Waals surface area contributed by atoms with Crippen molar-refractivity contribution >= 4 is 17.7 Å². The number of hydrogen-bond donors (Lipinski definition) is 2. The van der Waals surface area contributed by atoms with Gasteiger partial charge in [-0.3, -0.25) is 4.79 Å². The molecule has 96 valence electrons. The van der Waals surface area contributed by atoms with E-state index >= 15 is 0 Å². The van der Waals surface area contributed by atoms with Gasteiger partial charge in [0.25, 0.3) is 0 Å². The van der Waals surface area contributed by atoms with Gasteiger partial charge in [0, 0.05) is 4.90 Å². The molecular weight excluding hydrogens is 246 g/mol. The third kappa shape index (κ3) is 4.44. The molecule has 18 heavy (non-hydrogen) atoms. The van der Waals surface area contributed by atoms with Crippen molar-refractivity contribution in [1.29, 1.82) is 0 Å². The number of hydrogen-bond acceptors (Lipinski definition) is 3. The third-order valence-corrected chi connectivity index (χ3v) is 3.52. The van der Waals surface area contributed by atoms with Crippen LogP contribution < -0.4 is 5.32 Å². The molecule has 0 aliphatic heterocycles. The number of carbonyl (C=O) groups excluding carboxylic acids is 1. The Bertz CT molecular complexity index is 434. The van der Waals surface area contributed by atoms with Crippen molar-refractivity contribution < 1.29 is 9.90 Å². The summed E-state index contributed by atoms with van der Waals surface area (Å²) in [5, 5.41) is 11.8. The monoisotopic (exact) mass is 263 g/mol. The fraction of sp³-hybridized carbons (Fsp3) is 0.357. The minimum atomic E-state index is -0.472. The molecule has 1 aromatic carbocycles. The standard InChI is InChI=1S/C14H17NO2S/c1-4-9-15-14(17)11(3)18-13-7-5-12(6-8-13)10(2)16/h1,5-8,10-11,16H,9H2,2-3H3,(H,15,17). The Morgan fingerprint density at radius 2 is 2.06 bits per heavy atom. The molecule has 4 heteroatoms. The molecule has 0 heterocycles. The highest BCUT2D eigenvalue weighted by molar-refractivity contribution is 8.00. The van der Waals surface area contributed by atoms with Gasteiger partial charge >= 0.3 is 0 Å². The highest BCUT2D eigenvalue weighted by atomic mass is 32.2. The molecule has 2 atom stereocenters. The van der Waals surface area contributed by atoms with E-state index in [1.165, 1.54) is 11.8 Å². The lowest BCUT2D eigenvalue weighted by Gasteiger charge is -2.11. The number of rotatable bonds is 5. The molecule has 1 aromatic rings. The van der Waals surface area contributed by atoms with Crippen LogP contribution in [0.25, 0.3) is 0 Å². The Hall–Kier alpha value is -1.44. The molecule has 3 nitrogen and oxygen atoms in total. The average Bonchev–Trinajstić information content (AvgIpc) is 2.36. The number of aliphatic hydroxyl groups is 1. The zero-order valence-corrected chi connectivity index (χ0v) is 11.3. The summed E-state index contributed by atoms with van der Waals surface area (Å²) in [6.07, 6.45) is 4.61. The molecule has 1 rings (SSSR count). The summed E-state index contributed by atoms with van der Waals surface area (Å²) in [4.78, 5) is 12.6. The van der Waals surface area contributed by atoms with Crippen LogP contribution >= 0.6 is 11.8 Å². The molecule has 1 amide bonds. The number of carbonyl (C=O) groups is 1. The van der Waals surface area contributed by atoms with E-state index in [2.05, 4.69) is 11.2 Å². The van der Waals surface area contributed by atoms with Crippen molar-refractivity contribution in [3.8, 4) is 12.3 Å². The van der Waals surface area contributed by atoms with Crippen LogP contribution in [0.15, 0.2) is 29.2 Å². The van der Waals surface area contributed by atoms with Gasteiger partial charge in [-0.1, -0.05) is 18.1 Å². The van der Waals surface area contributed by atoms with Gasteiger partial charge in [-0.05, 0) is 31.5 Å². The number of benzene rings is 1. The van der Waals surface area contributed by atoms with E-state index in [1.54, 1.807) is 6.92 Å². The van der Waals surface area contributed by atoms with Crippen molar-refractivity contribution in [2.24, 2.45) is 0 Å². The zero-order valence-electron chi connectivity index (χ0n) is 10.5. The van der Waals surface area contributed by atoms with Crippen LogP contribution in [0.4, 0.5) is 0 Å². The normalized spacial score (nSPS) is 13.4. The van der Waals surface area contributed by atoms with Crippen LogP contribution in [-0.4, -0.2) is 22.8 Å². The summed E-state index contributed by atoms with van der Waals surface area (Å²) in [6.45, 7) is 3.81. The topological polar surface area (TPSA) is 49.3 Å². The summed E-state index contributed by atoms with van der Waals surface area (Å²) in [5.41, 5.74) is 0.865. The second-order valence-corrected chi connectivity index (χ2v) is 5.34. The maximum Gasteiger partial charge on any atom is 0.233 e. The summed E-state index contributed by atoms with van der Waals surface area (Å²) in [6, 6.07) is 7.52. The highest BCUT2D eigenvalue weighted by Crippen LogP contribution is 2.24. The molecule has 0 radical (unpaired) electrons. The Labute approximate surface area is 112 Å². The molecule has 0 bridgehead atoms. The van der Waals surface area contributed by atoms with Crippen LogP contribution in [0.2, 0.25) is 0 Å². The molecule has 0 aliphatic rings. The summed E-state index contributed by atoms with van der Waals surface area (Å²) in [5.74, 6) is 2.30. The lowest BCUT2D eigenvalue weighted by molar-refractivity contribution is -0.120. The molecule has 0 saturated heterocycles. The highest BCUT2D eigenvalue weighted by Gasteiger charge is 2.13. The smallest absolute Gasteiger partial charge is 0.233 e. The quantitative estimate of drug-likeness (QED) is 0.631. The molecule has 2 unspecified atom stereocenters. The lowest BCUT2D eigenvalue weighted by atomic mass is 10.1. The first-order chi connectivity index (χ1) is 8.54. The molecular formula is C14H17NO2S. The second kappa shape index (κ2) is 7.10. The van der Waals surface area contributed by atoms with Gasteiger partial charge in [0.15, 0.2) is 0 Å². The van der Waals surface area contributed by atoms with Gasteiger partial charge in [-0.15, -0.1) is 18.2 Å². The SMILES string of the molecule is C#CCNC(=O)C(C)Sc1ccc(C(C)O)cc1. The van der Waals surface area contributed by atoms with Crippen LogP contribution in [0, 0.1) is 12.3 Å². The zero-order chi connectivity index (χ0) is 13.5. The Morgan fingerprint density at radius 1 is 1.44 bits per heavy atom. The predicted octanol–water partition coefficient (Wildman–Crippen LogP) is 1.97. The minimum Gasteiger partial charge on any atom is -0.389 e. The Balaban J connectivity index is 2.57. The lowest BCUT2D eigenvalue weighted by Crippen LogP contribution is -2.30. The fourth-order valence-electron chi connectivity index (χ4n) is 1.36. The number of thioether (sulfide) groups is 1. The summed E-state index contributed by atoms with van der Waals surface area (Å²) >= 11 is 1.46. The third-order valence-electron chi connectivity index (χ3n) is 2.41. The van der Waals surface area contributed by atoms with E-state index < -0.39 is 6.10 Å². The van der Waals surface area contributed by atoms with E-state index in [9.17, 15) is 9.90 Å². The first-order valence-electron chi connectivity index (χ1n) is 5.70. The van der Waals surface area contributed by atoms with Crippen LogP contribution in [0.3, 0.4) is 0 Å². The van der Waals surface area contributed by atoms with Crippen LogP contribution in [0.5, 0.6) is 0 Å². The van der Waals surface area contributed by atoms with Gasteiger partial charge < -0.3 is 10.4 Å². The molecule has 0 fully saturated rings. The number of amides is 1. The molecule has 0 saturated carbocycles. The van der Waals surface area contributed by atoms with Crippen molar-refractivity contribution in [3.05, 3.63) is 29.8 Å². The van der Waals surface area contributed by atoms with Gasteiger partial charge in [-0.2, -0.15) is 0 Å². The first-order valence-corrected chi connectivity index (χ1v) is 6.58. The number of aliphatic hydroxyl groups excluding tert-OH is 1. The van der Waals surface area contributed by atoms with Crippen molar-refractivity contribution in [2.75, 3.05) is 6.54 Å². The second-order valence-electron chi connectivity index (χ2n) is 3.93. The van der Waals surface area contributed by atoms with E-state index in [0.717, 1.165) is 10.5 Å². The number of terminal acetylenes is 1. The van der Waals surface area contributed by atoms with Gasteiger partial charge in [0.1, 0.15) is 0 Å². The summed E-state index contributed by atoms with van der Waals surface area (Å²) in [7, 11) is 0. The van der Waals surface area contributed by atoms with Crippen molar-refractivity contribution in [2.45, 2.75) is 30.1 Å². The molecule has 0 aromatic heterocycles.